The molecule has 2 heterocycles. The van der Waals surface area contributed by atoms with E-state index in [9.17, 15) is 4.39 Å². The van der Waals surface area contributed by atoms with Crippen molar-refractivity contribution in [3.05, 3.63) is 42.0 Å². The van der Waals surface area contributed by atoms with Crippen molar-refractivity contribution in [3.63, 3.8) is 0 Å². The summed E-state index contributed by atoms with van der Waals surface area (Å²) in [7, 11) is 0. The molecular formula is C19H23FN2O2. The number of aromatic nitrogens is 1. The normalized spacial score (nSPS) is 15.2. The number of nitrogens with two attached hydrogens (primary N) is 1. The van der Waals surface area contributed by atoms with E-state index in [1.807, 2.05) is 6.92 Å². The van der Waals surface area contributed by atoms with Crippen LogP contribution in [0.3, 0.4) is 0 Å². The third kappa shape index (κ3) is 3.51. The Kier molecular flexibility index (Phi) is 4.45. The molecule has 3 rings (SSSR count). The highest BCUT2D eigenvalue weighted by atomic mass is 19.1. The fourth-order valence-corrected chi connectivity index (χ4v) is 3.20. The van der Waals surface area contributed by atoms with Crippen LogP contribution >= 0.6 is 0 Å². The molecule has 4 nitrogen and oxygen atoms in total. The van der Waals surface area contributed by atoms with Gasteiger partial charge in [-0.1, -0.05) is 13.8 Å². The van der Waals surface area contributed by atoms with Gasteiger partial charge in [0.25, 0.3) is 0 Å². The highest BCUT2D eigenvalue weighted by Crippen LogP contribution is 2.41. The molecule has 24 heavy (non-hydrogen) atoms. The van der Waals surface area contributed by atoms with Crippen molar-refractivity contribution in [2.45, 2.75) is 39.3 Å². The molecule has 0 saturated heterocycles. The molecule has 2 N–H and O–H groups in total. The van der Waals surface area contributed by atoms with Gasteiger partial charge >= 0.3 is 0 Å². The molecule has 1 aliphatic rings. The van der Waals surface area contributed by atoms with Gasteiger partial charge in [-0.3, -0.25) is 4.98 Å². The molecule has 128 valence electrons. The monoisotopic (exact) mass is 330 g/mol. The van der Waals surface area contributed by atoms with Crippen molar-refractivity contribution in [1.82, 2.24) is 4.98 Å². The van der Waals surface area contributed by atoms with Crippen LogP contribution in [0.1, 0.15) is 32.8 Å². The third-order valence-corrected chi connectivity index (χ3v) is 4.03. The maximum Gasteiger partial charge on any atom is 0.138 e. The minimum atomic E-state index is -0.459. The summed E-state index contributed by atoms with van der Waals surface area (Å²) in [4.78, 5) is 4.06. The van der Waals surface area contributed by atoms with E-state index >= 15 is 0 Å². The van der Waals surface area contributed by atoms with Gasteiger partial charge in [-0.05, 0) is 30.9 Å². The molecule has 0 bridgehead atoms. The Balaban J connectivity index is 1.83. The summed E-state index contributed by atoms with van der Waals surface area (Å²) in [6, 6.07) is 4.93. The number of fused-ring (bicyclic) bond motifs is 3. The predicted molar refractivity (Wildman–Crippen MR) is 91.5 cm³/mol. The first kappa shape index (κ1) is 16.7. The lowest BCUT2D eigenvalue weighted by Crippen LogP contribution is -2.43. The summed E-state index contributed by atoms with van der Waals surface area (Å²) in [6.45, 7) is 6.88. The zero-order valence-electron chi connectivity index (χ0n) is 14.3. The van der Waals surface area contributed by atoms with Crippen LogP contribution in [-0.4, -0.2) is 17.1 Å². The number of halogens is 1. The van der Waals surface area contributed by atoms with E-state index in [0.29, 0.717) is 36.2 Å². The van der Waals surface area contributed by atoms with Gasteiger partial charge in [0.15, 0.2) is 0 Å². The van der Waals surface area contributed by atoms with Crippen LogP contribution in [0.25, 0.3) is 11.1 Å². The summed E-state index contributed by atoms with van der Waals surface area (Å²) in [5.41, 5.74) is 7.95. The number of rotatable bonds is 5. The highest BCUT2D eigenvalue weighted by molar-refractivity contribution is 5.76. The summed E-state index contributed by atoms with van der Waals surface area (Å²) in [6.07, 6.45) is 4.19. The molecule has 1 atom stereocenters. The van der Waals surface area contributed by atoms with Crippen molar-refractivity contribution >= 4 is 0 Å². The molecule has 1 unspecified atom stereocenters. The molecule has 5 heteroatoms. The van der Waals surface area contributed by atoms with Gasteiger partial charge in [-0.2, -0.15) is 0 Å². The average Bonchev–Trinajstić information content (AvgIpc) is 2.51. The Morgan fingerprint density at radius 1 is 1.42 bits per heavy atom. The van der Waals surface area contributed by atoms with Crippen molar-refractivity contribution in [2.75, 3.05) is 6.61 Å². The summed E-state index contributed by atoms with van der Waals surface area (Å²) in [5, 5.41) is 0. The highest BCUT2D eigenvalue weighted by Gasteiger charge is 2.24. The molecule has 1 aliphatic heterocycles. The van der Waals surface area contributed by atoms with Crippen LogP contribution in [0.15, 0.2) is 30.6 Å². The first-order chi connectivity index (χ1) is 11.4. The molecule has 0 amide bonds. The summed E-state index contributed by atoms with van der Waals surface area (Å²) < 4.78 is 26.1. The lowest BCUT2D eigenvalue weighted by Gasteiger charge is -2.27. The van der Waals surface area contributed by atoms with Gasteiger partial charge in [-0.15, -0.1) is 0 Å². The molecule has 0 saturated carbocycles. The fraction of sp³-hybridized carbons (Fsp3) is 0.421. The Hall–Kier alpha value is -2.14. The number of benzene rings is 1. The number of nitrogens with zero attached hydrogens (tertiary/aromatic N) is 1. The fourth-order valence-electron chi connectivity index (χ4n) is 3.20. The first-order valence-electron chi connectivity index (χ1n) is 8.17. The second-order valence-electron chi connectivity index (χ2n) is 7.14. The molecule has 1 aromatic heterocycles. The largest absolute Gasteiger partial charge is 0.491 e. The number of pyridine rings is 1. The van der Waals surface area contributed by atoms with Gasteiger partial charge in [0.05, 0.1) is 5.56 Å². The van der Waals surface area contributed by atoms with Crippen molar-refractivity contribution < 1.29 is 13.9 Å². The second-order valence-corrected chi connectivity index (χ2v) is 7.14. The Morgan fingerprint density at radius 2 is 2.21 bits per heavy atom. The zero-order valence-corrected chi connectivity index (χ0v) is 14.3. The molecule has 1 aromatic carbocycles. The van der Waals surface area contributed by atoms with E-state index in [2.05, 4.69) is 18.8 Å². The molecule has 0 radical (unpaired) electrons. The minimum Gasteiger partial charge on any atom is -0.491 e. The average molecular weight is 330 g/mol. The SMILES string of the molecule is CC(C)CC(C)(N)COc1cc(F)c2c(c1)OCc1cnccc1-2. The van der Waals surface area contributed by atoms with Gasteiger partial charge in [0.2, 0.25) is 0 Å². The first-order valence-corrected chi connectivity index (χ1v) is 8.17. The van der Waals surface area contributed by atoms with E-state index in [1.165, 1.54) is 6.07 Å². The zero-order chi connectivity index (χ0) is 17.3. The van der Waals surface area contributed by atoms with Gasteiger partial charge in [0, 0.05) is 35.6 Å². The van der Waals surface area contributed by atoms with Crippen LogP contribution in [-0.2, 0) is 6.61 Å². The standard InChI is InChI=1S/C19H23FN2O2/c1-12(2)8-19(3,21)11-24-14-6-16(20)18-15-4-5-22-9-13(15)10-23-17(18)7-14/h4-7,9,12H,8,10-11,21H2,1-3H3. The number of hydrogen-bond acceptors (Lipinski definition) is 4. The van der Waals surface area contributed by atoms with Crippen LogP contribution in [0, 0.1) is 11.7 Å². The van der Waals surface area contributed by atoms with Crippen molar-refractivity contribution in [1.29, 1.82) is 0 Å². The van der Waals surface area contributed by atoms with Crippen LogP contribution < -0.4 is 15.2 Å². The third-order valence-electron chi connectivity index (χ3n) is 4.03. The smallest absolute Gasteiger partial charge is 0.138 e. The van der Waals surface area contributed by atoms with Gasteiger partial charge < -0.3 is 15.2 Å². The molecule has 0 aliphatic carbocycles. The van der Waals surface area contributed by atoms with E-state index in [-0.39, 0.29) is 5.82 Å². The van der Waals surface area contributed by atoms with Crippen molar-refractivity contribution in [2.24, 2.45) is 11.7 Å². The van der Waals surface area contributed by atoms with Crippen LogP contribution in [0.5, 0.6) is 11.5 Å². The number of hydrogen-bond donors (Lipinski definition) is 1. The topological polar surface area (TPSA) is 57.4 Å². The molecular weight excluding hydrogens is 307 g/mol. The predicted octanol–water partition coefficient (Wildman–Crippen LogP) is 3.92. The van der Waals surface area contributed by atoms with Crippen molar-refractivity contribution in [3.8, 4) is 22.6 Å². The van der Waals surface area contributed by atoms with Gasteiger partial charge in [-0.25, -0.2) is 4.39 Å². The van der Waals surface area contributed by atoms with E-state index in [1.54, 1.807) is 24.5 Å². The van der Waals surface area contributed by atoms with E-state index in [4.69, 9.17) is 15.2 Å². The minimum absolute atomic E-state index is 0.323. The van der Waals surface area contributed by atoms with Crippen LogP contribution in [0.2, 0.25) is 0 Å². The summed E-state index contributed by atoms with van der Waals surface area (Å²) >= 11 is 0. The van der Waals surface area contributed by atoms with Crippen LogP contribution in [0.4, 0.5) is 4.39 Å². The molecule has 2 aromatic rings. The lowest BCUT2D eigenvalue weighted by atomic mass is 9.93. The Bertz CT molecular complexity index is 744. The maximum absolute atomic E-state index is 14.6. The maximum atomic E-state index is 14.6. The second kappa shape index (κ2) is 6.40. The molecule has 0 fully saturated rings. The summed E-state index contributed by atoms with van der Waals surface area (Å²) in [5.74, 6) is 1.03. The number of ether oxygens (including phenoxy) is 2. The lowest BCUT2D eigenvalue weighted by molar-refractivity contribution is 0.204. The Morgan fingerprint density at radius 3 is 2.96 bits per heavy atom. The Labute approximate surface area is 141 Å². The van der Waals surface area contributed by atoms with Gasteiger partial charge in [0.1, 0.15) is 30.5 Å². The molecule has 0 spiro atoms. The van der Waals surface area contributed by atoms with E-state index in [0.717, 1.165) is 17.5 Å². The van der Waals surface area contributed by atoms with E-state index < -0.39 is 5.54 Å². The quantitative estimate of drug-likeness (QED) is 0.902.